The maximum atomic E-state index is 13.2. The van der Waals surface area contributed by atoms with Crippen molar-refractivity contribution in [2.24, 2.45) is 0 Å². The van der Waals surface area contributed by atoms with Crippen molar-refractivity contribution in [1.82, 2.24) is 14.8 Å². The molecule has 0 radical (unpaired) electrons. The number of fused-ring (bicyclic) bond motifs is 1. The third kappa shape index (κ3) is 2.45. The first-order valence-corrected chi connectivity index (χ1v) is 6.90. The molecule has 0 spiro atoms. The van der Waals surface area contributed by atoms with E-state index in [1.165, 1.54) is 29.3 Å². The van der Waals surface area contributed by atoms with Crippen LogP contribution in [0, 0.1) is 5.82 Å². The van der Waals surface area contributed by atoms with Gasteiger partial charge in [-0.25, -0.2) is 4.39 Å². The first-order valence-electron chi connectivity index (χ1n) is 6.90. The van der Waals surface area contributed by atoms with E-state index in [4.69, 9.17) is 0 Å². The maximum Gasteiger partial charge on any atom is 0.295 e. The number of carbonyl (C=O) groups excluding carboxylic acids is 3. The summed E-state index contributed by atoms with van der Waals surface area (Å²) >= 11 is 0. The van der Waals surface area contributed by atoms with Gasteiger partial charge < -0.3 is 14.8 Å². The van der Waals surface area contributed by atoms with Gasteiger partial charge in [0.15, 0.2) is 0 Å². The molecule has 0 atom stereocenters. The summed E-state index contributed by atoms with van der Waals surface area (Å²) in [7, 11) is 0. The van der Waals surface area contributed by atoms with E-state index in [0.717, 1.165) is 6.41 Å². The monoisotopic (exact) mass is 303 g/mol. The van der Waals surface area contributed by atoms with E-state index < -0.39 is 17.5 Å². The molecule has 0 bridgehead atoms. The Kier molecular flexibility index (Phi) is 3.62. The van der Waals surface area contributed by atoms with Gasteiger partial charge in [-0.1, -0.05) is 0 Å². The van der Waals surface area contributed by atoms with Crippen molar-refractivity contribution in [3.63, 3.8) is 0 Å². The molecular formula is C15H14FN3O3. The van der Waals surface area contributed by atoms with Gasteiger partial charge in [0.05, 0.1) is 5.56 Å². The second-order valence-electron chi connectivity index (χ2n) is 5.15. The number of rotatable bonds is 3. The number of hydrogen-bond donors (Lipinski definition) is 1. The van der Waals surface area contributed by atoms with Gasteiger partial charge in [-0.3, -0.25) is 14.4 Å². The Hall–Kier alpha value is -2.70. The summed E-state index contributed by atoms with van der Waals surface area (Å²) in [6.45, 7) is 1.50. The van der Waals surface area contributed by atoms with Crippen molar-refractivity contribution in [3.05, 3.63) is 35.8 Å². The molecule has 0 unspecified atom stereocenters. The molecule has 1 N–H and O–H groups in total. The molecule has 1 aliphatic rings. The van der Waals surface area contributed by atoms with Gasteiger partial charge in [0, 0.05) is 43.3 Å². The fourth-order valence-corrected chi connectivity index (χ4v) is 2.58. The Morgan fingerprint density at radius 2 is 1.91 bits per heavy atom. The zero-order valence-corrected chi connectivity index (χ0v) is 11.7. The molecule has 1 aromatic heterocycles. The van der Waals surface area contributed by atoms with Crippen LogP contribution in [0.4, 0.5) is 4.39 Å². The van der Waals surface area contributed by atoms with Crippen LogP contribution in [-0.4, -0.2) is 59.1 Å². The Labute approximate surface area is 125 Å². The van der Waals surface area contributed by atoms with Crippen LogP contribution >= 0.6 is 0 Å². The number of carbonyl (C=O) groups is 3. The number of nitrogens with one attached hydrogen (secondary N) is 1. The summed E-state index contributed by atoms with van der Waals surface area (Å²) in [5.41, 5.74) is 0.708. The van der Waals surface area contributed by atoms with Crippen LogP contribution in [0.2, 0.25) is 0 Å². The van der Waals surface area contributed by atoms with Gasteiger partial charge in [-0.05, 0) is 18.2 Å². The normalized spacial score (nSPS) is 15.1. The minimum atomic E-state index is -0.627. The quantitative estimate of drug-likeness (QED) is 0.517. The minimum Gasteiger partial charge on any atom is -0.360 e. The second-order valence-corrected chi connectivity index (χ2v) is 5.15. The molecular weight excluding hydrogens is 289 g/mol. The van der Waals surface area contributed by atoms with Crippen LogP contribution in [-0.2, 0) is 9.59 Å². The highest BCUT2D eigenvalue weighted by Gasteiger charge is 2.27. The van der Waals surface area contributed by atoms with Crippen molar-refractivity contribution in [2.45, 2.75) is 0 Å². The lowest BCUT2D eigenvalue weighted by Crippen LogP contribution is -2.50. The summed E-state index contributed by atoms with van der Waals surface area (Å²) in [6, 6.07) is 4.01. The lowest BCUT2D eigenvalue weighted by molar-refractivity contribution is -0.131. The third-order valence-electron chi connectivity index (χ3n) is 3.83. The number of H-pyrrole nitrogens is 1. The van der Waals surface area contributed by atoms with Gasteiger partial charge in [0.2, 0.25) is 6.41 Å². The van der Waals surface area contributed by atoms with E-state index in [0.29, 0.717) is 37.1 Å². The van der Waals surface area contributed by atoms with E-state index in [-0.39, 0.29) is 5.56 Å². The fraction of sp³-hybridized carbons (Fsp3) is 0.267. The molecule has 3 rings (SSSR count). The van der Waals surface area contributed by atoms with Crippen LogP contribution in [0.3, 0.4) is 0 Å². The van der Waals surface area contributed by atoms with Crippen molar-refractivity contribution in [2.75, 3.05) is 26.2 Å². The lowest BCUT2D eigenvalue weighted by atomic mass is 10.1. The number of benzene rings is 1. The topological polar surface area (TPSA) is 73.5 Å². The van der Waals surface area contributed by atoms with Crippen LogP contribution in [0.25, 0.3) is 10.9 Å². The predicted molar refractivity (Wildman–Crippen MR) is 76.8 cm³/mol. The van der Waals surface area contributed by atoms with Gasteiger partial charge in [-0.2, -0.15) is 0 Å². The minimum absolute atomic E-state index is 0.234. The smallest absolute Gasteiger partial charge is 0.295 e. The average Bonchev–Trinajstić information content (AvgIpc) is 2.96. The first-order chi connectivity index (χ1) is 10.6. The molecule has 1 fully saturated rings. The summed E-state index contributed by atoms with van der Waals surface area (Å²) in [4.78, 5) is 41.1. The van der Waals surface area contributed by atoms with E-state index in [1.54, 1.807) is 4.90 Å². The van der Waals surface area contributed by atoms with Crippen LogP contribution in [0.15, 0.2) is 24.4 Å². The zero-order valence-electron chi connectivity index (χ0n) is 11.7. The Morgan fingerprint density at radius 3 is 2.59 bits per heavy atom. The Balaban J connectivity index is 1.80. The highest BCUT2D eigenvalue weighted by Crippen LogP contribution is 2.20. The second kappa shape index (κ2) is 5.59. The number of aromatic amines is 1. The number of amides is 2. The van der Waals surface area contributed by atoms with E-state index in [2.05, 4.69) is 4.98 Å². The van der Waals surface area contributed by atoms with Crippen molar-refractivity contribution >= 4 is 29.0 Å². The van der Waals surface area contributed by atoms with Crippen molar-refractivity contribution < 1.29 is 18.8 Å². The molecule has 1 saturated heterocycles. The summed E-state index contributed by atoms with van der Waals surface area (Å²) < 4.78 is 13.2. The van der Waals surface area contributed by atoms with Gasteiger partial charge >= 0.3 is 0 Å². The predicted octanol–water partition coefficient (Wildman–Crippen LogP) is 0.790. The summed E-state index contributed by atoms with van der Waals surface area (Å²) in [6.07, 6.45) is 2.16. The molecule has 114 valence electrons. The molecule has 1 aromatic carbocycles. The van der Waals surface area contributed by atoms with Crippen LogP contribution < -0.4 is 0 Å². The van der Waals surface area contributed by atoms with Crippen LogP contribution in [0.1, 0.15) is 10.4 Å². The SMILES string of the molecule is O=CN1CCN(C(=O)C(=O)c2c[nH]c3cc(F)ccc23)CC1. The average molecular weight is 303 g/mol. The molecule has 22 heavy (non-hydrogen) atoms. The fourth-order valence-electron chi connectivity index (χ4n) is 2.58. The zero-order chi connectivity index (χ0) is 15.7. The van der Waals surface area contributed by atoms with E-state index in [9.17, 15) is 18.8 Å². The van der Waals surface area contributed by atoms with Gasteiger partial charge in [-0.15, -0.1) is 0 Å². The molecule has 6 nitrogen and oxygen atoms in total. The Morgan fingerprint density at radius 1 is 1.18 bits per heavy atom. The standard InChI is InChI=1S/C15H14FN3O3/c16-10-1-2-11-12(8-17-13(11)7-10)14(21)15(22)19-5-3-18(9-20)4-6-19/h1-2,7-9,17H,3-6H2. The molecule has 2 heterocycles. The third-order valence-corrected chi connectivity index (χ3v) is 3.83. The van der Waals surface area contributed by atoms with E-state index in [1.807, 2.05) is 0 Å². The van der Waals surface area contributed by atoms with E-state index >= 15 is 0 Å². The molecule has 7 heteroatoms. The van der Waals surface area contributed by atoms with Crippen molar-refractivity contribution in [3.8, 4) is 0 Å². The molecule has 2 aromatic rings. The first kappa shape index (κ1) is 14.2. The Bertz CT molecular complexity index is 748. The highest BCUT2D eigenvalue weighted by molar-refractivity contribution is 6.44. The molecule has 0 saturated carbocycles. The highest BCUT2D eigenvalue weighted by atomic mass is 19.1. The largest absolute Gasteiger partial charge is 0.360 e. The number of piperazine rings is 1. The maximum absolute atomic E-state index is 13.2. The van der Waals surface area contributed by atoms with Crippen molar-refractivity contribution in [1.29, 1.82) is 0 Å². The number of halogens is 1. The number of ketones is 1. The van der Waals surface area contributed by atoms with Gasteiger partial charge in [0.1, 0.15) is 5.82 Å². The molecule has 1 aliphatic heterocycles. The summed E-state index contributed by atoms with van der Waals surface area (Å²) in [5, 5.41) is 0.520. The number of nitrogens with zero attached hydrogens (tertiary/aromatic N) is 2. The van der Waals surface area contributed by atoms with Gasteiger partial charge in [0.25, 0.3) is 11.7 Å². The number of Topliss-reactive ketones (excluding diaryl/α,β-unsaturated/α-hetero) is 1. The number of hydrogen-bond acceptors (Lipinski definition) is 3. The number of aromatic nitrogens is 1. The molecule has 0 aliphatic carbocycles. The van der Waals surface area contributed by atoms with Crippen LogP contribution in [0.5, 0.6) is 0 Å². The summed E-state index contributed by atoms with van der Waals surface area (Å²) in [5.74, 6) is -1.64. The molecule has 2 amide bonds. The lowest BCUT2D eigenvalue weighted by Gasteiger charge is -2.31.